The number of anilines is 1. The van der Waals surface area contributed by atoms with E-state index in [1.807, 2.05) is 0 Å². The lowest BCUT2D eigenvalue weighted by Gasteiger charge is -2.32. The van der Waals surface area contributed by atoms with Crippen molar-refractivity contribution in [3.63, 3.8) is 0 Å². The molecule has 39 heavy (non-hydrogen) atoms. The van der Waals surface area contributed by atoms with Crippen LogP contribution in [-0.4, -0.2) is 41.6 Å². The van der Waals surface area contributed by atoms with E-state index in [1.165, 1.54) is 35.2 Å². The lowest BCUT2D eigenvalue weighted by molar-refractivity contribution is -0.121. The quantitative estimate of drug-likeness (QED) is 0.336. The minimum Gasteiger partial charge on any atom is -0.308 e. The number of fused-ring (bicyclic) bond motifs is 1. The predicted octanol–water partition coefficient (Wildman–Crippen LogP) is 5.18. The first-order chi connectivity index (χ1) is 18.4. The van der Waals surface area contributed by atoms with Crippen LogP contribution in [0.25, 0.3) is 21.9 Å². The molecule has 7 nitrogen and oxygen atoms in total. The van der Waals surface area contributed by atoms with Gasteiger partial charge >= 0.3 is 0 Å². The molecular formula is C28H24ClFN2O5S2. The van der Waals surface area contributed by atoms with Crippen LogP contribution in [0.4, 0.5) is 10.1 Å². The van der Waals surface area contributed by atoms with Crippen LogP contribution in [0.3, 0.4) is 0 Å². The average Bonchev–Trinajstić information content (AvgIpc) is 2.89. The van der Waals surface area contributed by atoms with Crippen molar-refractivity contribution in [3.05, 3.63) is 89.7 Å². The summed E-state index contributed by atoms with van der Waals surface area (Å²) in [6, 6.07) is 19.1. The predicted molar refractivity (Wildman–Crippen MR) is 150 cm³/mol. The molecule has 4 aromatic carbocycles. The summed E-state index contributed by atoms with van der Waals surface area (Å²) in [6.45, 7) is 0.210. The molecule has 202 valence electrons. The van der Waals surface area contributed by atoms with Gasteiger partial charge in [0.15, 0.2) is 9.84 Å². The number of hydrogen-bond acceptors (Lipinski definition) is 5. The summed E-state index contributed by atoms with van der Waals surface area (Å²) in [5.74, 6) is -1.30. The Kier molecular flexibility index (Phi) is 7.23. The van der Waals surface area contributed by atoms with Crippen molar-refractivity contribution < 1.29 is 26.0 Å². The van der Waals surface area contributed by atoms with Crippen LogP contribution in [0.5, 0.6) is 0 Å². The summed E-state index contributed by atoms with van der Waals surface area (Å²) in [7, 11) is -7.62. The molecule has 11 heteroatoms. The maximum Gasteiger partial charge on any atom is 0.245 e. The molecule has 0 aliphatic carbocycles. The third kappa shape index (κ3) is 5.56. The highest BCUT2D eigenvalue weighted by Gasteiger charge is 2.34. The van der Waals surface area contributed by atoms with Crippen molar-refractivity contribution >= 4 is 53.8 Å². The SMILES string of the molecule is CS(=O)(=O)c1ccccc1-c1ccc(N2CCCC(NS(=O)(=O)c3ccc4ccc(Cl)cc4c3)C2=O)c(F)c1. The van der Waals surface area contributed by atoms with Crippen LogP contribution in [0.15, 0.2) is 88.7 Å². The van der Waals surface area contributed by atoms with E-state index in [-0.39, 0.29) is 28.4 Å². The van der Waals surface area contributed by atoms with E-state index in [9.17, 15) is 21.6 Å². The molecule has 1 fully saturated rings. The number of carbonyl (C=O) groups is 1. The molecule has 1 unspecified atom stereocenters. The van der Waals surface area contributed by atoms with Gasteiger partial charge in [0.25, 0.3) is 0 Å². The van der Waals surface area contributed by atoms with Crippen LogP contribution in [-0.2, 0) is 24.7 Å². The minimum absolute atomic E-state index is 0.00942. The fraction of sp³-hybridized carbons (Fsp3) is 0.179. The van der Waals surface area contributed by atoms with E-state index < -0.39 is 37.6 Å². The molecule has 1 aliphatic rings. The monoisotopic (exact) mass is 586 g/mol. The normalized spacial score (nSPS) is 16.5. The molecule has 1 heterocycles. The van der Waals surface area contributed by atoms with E-state index >= 15 is 4.39 Å². The lowest BCUT2D eigenvalue weighted by Crippen LogP contribution is -2.52. The zero-order chi connectivity index (χ0) is 27.9. The summed E-state index contributed by atoms with van der Waals surface area (Å²) >= 11 is 6.05. The van der Waals surface area contributed by atoms with Gasteiger partial charge in [-0.3, -0.25) is 4.79 Å². The van der Waals surface area contributed by atoms with Crippen LogP contribution in [0.1, 0.15) is 12.8 Å². The Bertz CT molecular complexity index is 1830. The molecule has 1 atom stereocenters. The summed E-state index contributed by atoms with van der Waals surface area (Å²) in [5.41, 5.74) is 0.679. The fourth-order valence-electron chi connectivity index (χ4n) is 4.76. The van der Waals surface area contributed by atoms with Gasteiger partial charge in [-0.25, -0.2) is 21.2 Å². The number of benzene rings is 4. The largest absolute Gasteiger partial charge is 0.308 e. The molecule has 4 aromatic rings. The first kappa shape index (κ1) is 27.3. The second-order valence-electron chi connectivity index (χ2n) is 9.39. The number of halogens is 2. The number of nitrogens with one attached hydrogen (secondary N) is 1. The number of hydrogen-bond donors (Lipinski definition) is 1. The highest BCUT2D eigenvalue weighted by molar-refractivity contribution is 7.91. The van der Waals surface area contributed by atoms with E-state index in [2.05, 4.69) is 4.72 Å². The third-order valence-corrected chi connectivity index (χ3v) is 9.52. The Balaban J connectivity index is 1.40. The smallest absolute Gasteiger partial charge is 0.245 e. The number of piperidine rings is 1. The van der Waals surface area contributed by atoms with Gasteiger partial charge in [-0.1, -0.05) is 48.0 Å². The van der Waals surface area contributed by atoms with Crippen molar-refractivity contribution in [2.45, 2.75) is 28.7 Å². The van der Waals surface area contributed by atoms with E-state index in [4.69, 9.17) is 11.6 Å². The highest BCUT2D eigenvalue weighted by Crippen LogP contribution is 2.32. The molecule has 1 amide bonds. The minimum atomic E-state index is -4.07. The highest BCUT2D eigenvalue weighted by atomic mass is 35.5. The molecular weight excluding hydrogens is 563 g/mol. The van der Waals surface area contributed by atoms with Crippen molar-refractivity contribution in [2.24, 2.45) is 0 Å². The van der Waals surface area contributed by atoms with Gasteiger partial charge in [-0.15, -0.1) is 0 Å². The third-order valence-electron chi connectivity index (χ3n) is 6.66. The van der Waals surface area contributed by atoms with Crippen molar-refractivity contribution in [2.75, 3.05) is 17.7 Å². The lowest BCUT2D eigenvalue weighted by atomic mass is 10.0. The zero-order valence-electron chi connectivity index (χ0n) is 20.8. The molecule has 1 aliphatic heterocycles. The molecule has 0 aromatic heterocycles. The average molecular weight is 587 g/mol. The maximum absolute atomic E-state index is 15.3. The Hall–Kier alpha value is -3.31. The fourth-order valence-corrected chi connectivity index (χ4v) is 7.11. The van der Waals surface area contributed by atoms with Gasteiger partial charge in [-0.05, 0) is 71.6 Å². The number of sulfonamides is 1. The molecule has 0 saturated carbocycles. The Labute approximate surface area is 231 Å². The van der Waals surface area contributed by atoms with Crippen LogP contribution >= 0.6 is 11.6 Å². The standard InChI is InChI=1S/C28H24ClFN2O5S2/c1-38(34,35)27-7-3-2-5-23(27)19-10-13-26(24(30)17-19)32-14-4-6-25(28(32)33)31-39(36,37)22-12-9-18-8-11-21(29)15-20(18)16-22/h2-3,5,7-13,15-17,25,31H,4,6,14H2,1H3. The van der Waals surface area contributed by atoms with E-state index in [0.29, 0.717) is 28.0 Å². The second kappa shape index (κ2) is 10.3. The Morgan fingerprint density at radius 2 is 1.67 bits per heavy atom. The van der Waals surface area contributed by atoms with Crippen molar-refractivity contribution in [1.29, 1.82) is 0 Å². The molecule has 0 spiro atoms. The second-order valence-corrected chi connectivity index (χ2v) is 13.5. The first-order valence-corrected chi connectivity index (χ1v) is 15.8. The first-order valence-electron chi connectivity index (χ1n) is 12.1. The topological polar surface area (TPSA) is 101 Å². The molecule has 1 N–H and O–H groups in total. The maximum atomic E-state index is 15.3. The summed E-state index contributed by atoms with van der Waals surface area (Å²) < 4.78 is 68.5. The number of sulfone groups is 1. The molecule has 5 rings (SSSR count). The summed E-state index contributed by atoms with van der Waals surface area (Å²) in [5, 5.41) is 1.92. The number of nitrogens with zero attached hydrogens (tertiary/aromatic N) is 1. The van der Waals surface area contributed by atoms with Crippen molar-refractivity contribution in [3.8, 4) is 11.1 Å². The van der Waals surface area contributed by atoms with Gasteiger partial charge < -0.3 is 4.90 Å². The summed E-state index contributed by atoms with van der Waals surface area (Å²) in [4.78, 5) is 14.6. The number of rotatable bonds is 6. The van der Waals surface area contributed by atoms with Crippen LogP contribution < -0.4 is 9.62 Å². The van der Waals surface area contributed by atoms with Gasteiger partial charge in [0.1, 0.15) is 11.9 Å². The van der Waals surface area contributed by atoms with E-state index in [0.717, 1.165) is 11.6 Å². The Morgan fingerprint density at radius 1 is 0.923 bits per heavy atom. The van der Waals surface area contributed by atoms with Gasteiger partial charge in [0.05, 0.1) is 15.5 Å². The van der Waals surface area contributed by atoms with Crippen LogP contribution in [0, 0.1) is 5.82 Å². The summed E-state index contributed by atoms with van der Waals surface area (Å²) in [6.07, 6.45) is 1.79. The number of amides is 1. The van der Waals surface area contributed by atoms with Gasteiger partial charge in [-0.2, -0.15) is 4.72 Å². The van der Waals surface area contributed by atoms with Gasteiger partial charge in [0.2, 0.25) is 15.9 Å². The van der Waals surface area contributed by atoms with Crippen molar-refractivity contribution in [1.82, 2.24) is 4.72 Å². The molecule has 1 saturated heterocycles. The van der Waals surface area contributed by atoms with E-state index in [1.54, 1.807) is 48.5 Å². The van der Waals surface area contributed by atoms with Gasteiger partial charge in [0, 0.05) is 23.4 Å². The Morgan fingerprint density at radius 3 is 2.41 bits per heavy atom. The number of carbonyl (C=O) groups excluding carboxylic acids is 1. The zero-order valence-corrected chi connectivity index (χ0v) is 23.2. The molecule has 0 bridgehead atoms. The van der Waals surface area contributed by atoms with Crippen LogP contribution in [0.2, 0.25) is 5.02 Å². The molecule has 0 radical (unpaired) electrons.